The average Bonchev–Trinajstić information content (AvgIpc) is 3.10. The monoisotopic (exact) mass is 364 g/mol. The van der Waals surface area contributed by atoms with E-state index >= 15 is 0 Å². The summed E-state index contributed by atoms with van der Waals surface area (Å²) in [5.41, 5.74) is 0.583. The fourth-order valence-corrected chi connectivity index (χ4v) is 5.04. The van der Waals surface area contributed by atoms with Crippen molar-refractivity contribution >= 4 is 33.0 Å². The van der Waals surface area contributed by atoms with E-state index in [0.717, 1.165) is 12.8 Å². The summed E-state index contributed by atoms with van der Waals surface area (Å²) in [7, 11) is -3.46. The van der Waals surface area contributed by atoms with E-state index in [1.54, 1.807) is 34.6 Å². The molecular formula is C17H20N2O3S2. The molecule has 0 aliphatic carbocycles. The van der Waals surface area contributed by atoms with Crippen LogP contribution in [-0.2, 0) is 10.0 Å². The Balaban J connectivity index is 1.73. The number of anilines is 1. The van der Waals surface area contributed by atoms with Crippen molar-refractivity contribution in [3.05, 3.63) is 46.7 Å². The number of thiophene rings is 1. The topological polar surface area (TPSA) is 66.5 Å². The highest BCUT2D eigenvalue weighted by molar-refractivity contribution is 7.89. The van der Waals surface area contributed by atoms with E-state index in [9.17, 15) is 13.2 Å². The summed E-state index contributed by atoms with van der Waals surface area (Å²) in [6.45, 7) is 3.22. The fraction of sp³-hybridized carbons (Fsp3) is 0.353. The second kappa shape index (κ2) is 7.04. The molecule has 24 heavy (non-hydrogen) atoms. The predicted molar refractivity (Wildman–Crippen MR) is 95.9 cm³/mol. The molecule has 0 bridgehead atoms. The summed E-state index contributed by atoms with van der Waals surface area (Å²) >= 11 is 1.36. The third-order valence-electron chi connectivity index (χ3n) is 4.11. The van der Waals surface area contributed by atoms with Gasteiger partial charge in [-0.2, -0.15) is 4.31 Å². The molecule has 5 nitrogen and oxygen atoms in total. The largest absolute Gasteiger partial charge is 0.321 e. The van der Waals surface area contributed by atoms with Gasteiger partial charge in [-0.05, 0) is 54.5 Å². The van der Waals surface area contributed by atoms with Crippen LogP contribution in [0.1, 0.15) is 29.4 Å². The molecule has 7 heteroatoms. The van der Waals surface area contributed by atoms with Crippen LogP contribution in [0.5, 0.6) is 0 Å². The Hall–Kier alpha value is -1.70. The Kier molecular flexibility index (Phi) is 5.03. The second-order valence-corrected chi connectivity index (χ2v) is 8.95. The predicted octanol–water partition coefficient (Wildman–Crippen LogP) is 3.42. The minimum Gasteiger partial charge on any atom is -0.321 e. The van der Waals surface area contributed by atoms with Gasteiger partial charge in [0.15, 0.2) is 0 Å². The molecule has 1 N–H and O–H groups in total. The Morgan fingerprint density at radius 2 is 2.00 bits per heavy atom. The number of nitrogens with zero attached hydrogens (tertiary/aromatic N) is 1. The molecule has 1 amide bonds. The first-order valence-corrected chi connectivity index (χ1v) is 10.2. The molecule has 0 saturated carbocycles. The number of benzene rings is 1. The van der Waals surface area contributed by atoms with Crippen molar-refractivity contribution in [2.24, 2.45) is 5.92 Å². The Bertz CT molecular complexity index is 799. The highest BCUT2D eigenvalue weighted by Gasteiger charge is 2.28. The van der Waals surface area contributed by atoms with E-state index in [0.29, 0.717) is 29.6 Å². The van der Waals surface area contributed by atoms with Crippen LogP contribution in [0.3, 0.4) is 0 Å². The molecule has 1 aromatic heterocycles. The van der Waals surface area contributed by atoms with Crippen LogP contribution in [0.4, 0.5) is 5.69 Å². The highest BCUT2D eigenvalue weighted by Crippen LogP contribution is 2.24. The fourth-order valence-electron chi connectivity index (χ4n) is 2.82. The van der Waals surface area contributed by atoms with Gasteiger partial charge >= 0.3 is 0 Å². The van der Waals surface area contributed by atoms with Gasteiger partial charge < -0.3 is 5.32 Å². The summed E-state index contributed by atoms with van der Waals surface area (Å²) < 4.78 is 26.9. The molecule has 0 spiro atoms. The molecule has 1 atom stereocenters. The summed E-state index contributed by atoms with van der Waals surface area (Å²) in [4.78, 5) is 12.9. The minimum atomic E-state index is -3.46. The Labute approximate surface area is 146 Å². The zero-order chi connectivity index (χ0) is 17.2. The lowest BCUT2D eigenvalue weighted by molar-refractivity contribution is 0.103. The molecule has 1 saturated heterocycles. The van der Waals surface area contributed by atoms with Crippen molar-refractivity contribution in [1.29, 1.82) is 0 Å². The maximum Gasteiger partial charge on any atom is 0.265 e. The van der Waals surface area contributed by atoms with E-state index in [2.05, 4.69) is 12.2 Å². The van der Waals surface area contributed by atoms with Crippen LogP contribution in [0.25, 0.3) is 0 Å². The van der Waals surface area contributed by atoms with Crippen LogP contribution in [0.2, 0.25) is 0 Å². The lowest BCUT2D eigenvalue weighted by Crippen LogP contribution is -2.39. The first-order valence-electron chi connectivity index (χ1n) is 7.92. The van der Waals surface area contributed by atoms with Crippen molar-refractivity contribution in [3.63, 3.8) is 0 Å². The van der Waals surface area contributed by atoms with Gasteiger partial charge in [-0.1, -0.05) is 13.0 Å². The first-order chi connectivity index (χ1) is 11.5. The number of carbonyl (C=O) groups excluding carboxylic acids is 1. The molecule has 128 valence electrons. The smallest absolute Gasteiger partial charge is 0.265 e. The maximum absolute atomic E-state index is 12.7. The summed E-state index contributed by atoms with van der Waals surface area (Å²) in [6, 6.07) is 9.93. The molecule has 1 aliphatic rings. The van der Waals surface area contributed by atoms with Gasteiger partial charge in [-0.25, -0.2) is 8.42 Å². The first kappa shape index (κ1) is 17.1. The lowest BCUT2D eigenvalue weighted by Gasteiger charge is -2.30. The third-order valence-corrected chi connectivity index (χ3v) is 6.86. The van der Waals surface area contributed by atoms with Gasteiger partial charge in [0.25, 0.3) is 5.91 Å². The maximum atomic E-state index is 12.7. The van der Waals surface area contributed by atoms with E-state index in [1.165, 1.54) is 11.3 Å². The molecule has 1 aliphatic heterocycles. The van der Waals surface area contributed by atoms with Gasteiger partial charge in [0.05, 0.1) is 9.77 Å². The molecule has 1 fully saturated rings. The van der Waals surface area contributed by atoms with Crippen molar-refractivity contribution in [1.82, 2.24) is 4.31 Å². The van der Waals surface area contributed by atoms with E-state index in [-0.39, 0.29) is 10.8 Å². The van der Waals surface area contributed by atoms with E-state index in [1.807, 2.05) is 11.4 Å². The van der Waals surface area contributed by atoms with Gasteiger partial charge in [-0.15, -0.1) is 11.3 Å². The van der Waals surface area contributed by atoms with Crippen LogP contribution in [0.15, 0.2) is 46.7 Å². The van der Waals surface area contributed by atoms with Gasteiger partial charge in [0, 0.05) is 18.8 Å². The molecule has 1 unspecified atom stereocenters. The number of hydrogen-bond acceptors (Lipinski definition) is 4. The van der Waals surface area contributed by atoms with Crippen LogP contribution in [-0.4, -0.2) is 31.7 Å². The lowest BCUT2D eigenvalue weighted by atomic mass is 10.0. The number of amides is 1. The number of nitrogens with one attached hydrogen (secondary N) is 1. The standard InChI is InChI=1S/C17H20N2O3S2/c1-13-4-2-10-19(12-13)24(21,22)15-8-6-14(7-9-15)18-17(20)16-5-3-11-23-16/h3,5-9,11,13H,2,4,10,12H2,1H3,(H,18,20). The Morgan fingerprint density at radius 1 is 1.25 bits per heavy atom. The number of hydrogen-bond donors (Lipinski definition) is 1. The molecule has 1 aromatic carbocycles. The average molecular weight is 364 g/mol. The SMILES string of the molecule is CC1CCCN(S(=O)(=O)c2ccc(NC(=O)c3cccs3)cc2)C1. The van der Waals surface area contributed by atoms with Gasteiger partial charge in [0.1, 0.15) is 0 Å². The number of sulfonamides is 1. The Morgan fingerprint density at radius 3 is 2.62 bits per heavy atom. The van der Waals surface area contributed by atoms with E-state index in [4.69, 9.17) is 0 Å². The quantitative estimate of drug-likeness (QED) is 0.904. The van der Waals surface area contributed by atoms with Gasteiger partial charge in [-0.3, -0.25) is 4.79 Å². The van der Waals surface area contributed by atoms with Crippen LogP contribution >= 0.6 is 11.3 Å². The van der Waals surface area contributed by atoms with Crippen LogP contribution < -0.4 is 5.32 Å². The van der Waals surface area contributed by atoms with Gasteiger partial charge in [0.2, 0.25) is 10.0 Å². The zero-order valence-corrected chi connectivity index (χ0v) is 15.1. The highest BCUT2D eigenvalue weighted by atomic mass is 32.2. The molecule has 2 aromatic rings. The third kappa shape index (κ3) is 3.68. The summed E-state index contributed by atoms with van der Waals surface area (Å²) in [5, 5.41) is 4.61. The van der Waals surface area contributed by atoms with Crippen molar-refractivity contribution in [2.45, 2.75) is 24.7 Å². The van der Waals surface area contributed by atoms with Crippen LogP contribution in [0, 0.1) is 5.92 Å². The number of rotatable bonds is 4. The molecule has 0 radical (unpaired) electrons. The van der Waals surface area contributed by atoms with Crippen molar-refractivity contribution in [2.75, 3.05) is 18.4 Å². The second-order valence-electron chi connectivity index (χ2n) is 6.07. The van der Waals surface area contributed by atoms with Crippen molar-refractivity contribution in [3.8, 4) is 0 Å². The zero-order valence-electron chi connectivity index (χ0n) is 13.4. The normalized spacial score (nSPS) is 19.1. The summed E-state index contributed by atoms with van der Waals surface area (Å²) in [6.07, 6.45) is 1.97. The molecule has 2 heterocycles. The summed E-state index contributed by atoms with van der Waals surface area (Å²) in [5.74, 6) is 0.198. The number of piperidine rings is 1. The van der Waals surface area contributed by atoms with Crippen molar-refractivity contribution < 1.29 is 13.2 Å². The minimum absolute atomic E-state index is 0.189. The van der Waals surface area contributed by atoms with E-state index < -0.39 is 10.0 Å². The molecular weight excluding hydrogens is 344 g/mol. The number of carbonyl (C=O) groups is 1. The molecule has 3 rings (SSSR count).